The van der Waals surface area contributed by atoms with Crippen molar-refractivity contribution in [3.8, 4) is 0 Å². The zero-order valence-corrected chi connectivity index (χ0v) is 10.8. The molecule has 5 nitrogen and oxygen atoms in total. The van der Waals surface area contributed by atoms with E-state index in [1.807, 2.05) is 25.9 Å². The maximum Gasteiger partial charge on any atom is 0.410 e. The Morgan fingerprint density at radius 3 is 2.38 bits per heavy atom. The average Bonchev–Trinajstić information content (AvgIpc) is 2.16. The van der Waals surface area contributed by atoms with Crippen LogP contribution in [-0.2, 0) is 4.74 Å². The quantitative estimate of drug-likeness (QED) is 0.698. The molecule has 1 aliphatic rings. The fourth-order valence-electron chi connectivity index (χ4n) is 1.79. The number of carbonyl (C=O) groups is 1. The summed E-state index contributed by atoms with van der Waals surface area (Å²) in [7, 11) is 6.01. The highest BCUT2D eigenvalue weighted by Gasteiger charge is 2.21. The van der Waals surface area contributed by atoms with Crippen LogP contribution in [0.1, 0.15) is 6.92 Å². The molecule has 0 saturated carbocycles. The van der Waals surface area contributed by atoms with Crippen molar-refractivity contribution in [2.24, 2.45) is 0 Å². The predicted molar refractivity (Wildman–Crippen MR) is 63.6 cm³/mol. The highest BCUT2D eigenvalue weighted by atomic mass is 16.6. The van der Waals surface area contributed by atoms with Crippen LogP contribution < -0.4 is 0 Å². The second kappa shape index (κ2) is 6.06. The monoisotopic (exact) mass is 229 g/mol. The lowest BCUT2D eigenvalue weighted by Gasteiger charge is -2.32. The van der Waals surface area contributed by atoms with Gasteiger partial charge in [0, 0.05) is 32.7 Å². The zero-order chi connectivity index (χ0) is 12.1. The molecule has 1 fully saturated rings. The van der Waals surface area contributed by atoms with Crippen LogP contribution >= 0.6 is 0 Å². The molecule has 0 spiro atoms. The Bertz CT molecular complexity index is 225. The van der Waals surface area contributed by atoms with E-state index in [2.05, 4.69) is 11.9 Å². The minimum Gasteiger partial charge on any atom is -0.445 e. The summed E-state index contributed by atoms with van der Waals surface area (Å²) in [5.74, 6) is 0. The molecule has 0 bridgehead atoms. The molecule has 0 N–H and O–H groups in total. The molecule has 1 saturated heterocycles. The van der Waals surface area contributed by atoms with Gasteiger partial charge in [0.2, 0.25) is 0 Å². The molecule has 0 aromatic heterocycles. The van der Waals surface area contributed by atoms with E-state index in [-0.39, 0.29) is 12.2 Å². The topological polar surface area (TPSA) is 36.0 Å². The molecule has 94 valence electrons. The van der Waals surface area contributed by atoms with E-state index in [0.717, 1.165) is 32.7 Å². The summed E-state index contributed by atoms with van der Waals surface area (Å²) in [4.78, 5) is 17.8. The van der Waals surface area contributed by atoms with Crippen LogP contribution in [0, 0.1) is 0 Å². The van der Waals surface area contributed by atoms with Gasteiger partial charge in [-0.05, 0) is 28.1 Å². The van der Waals surface area contributed by atoms with Gasteiger partial charge in [-0.3, -0.25) is 0 Å². The Morgan fingerprint density at radius 1 is 1.31 bits per heavy atom. The lowest BCUT2D eigenvalue weighted by molar-refractivity contribution is 0.0467. The van der Waals surface area contributed by atoms with Crippen molar-refractivity contribution in [2.45, 2.75) is 13.0 Å². The fraction of sp³-hybridized carbons (Fsp3) is 0.909. The summed E-state index contributed by atoms with van der Waals surface area (Å²) < 4.78 is 5.36. The van der Waals surface area contributed by atoms with Crippen molar-refractivity contribution in [2.75, 3.05) is 53.9 Å². The molecule has 0 aromatic carbocycles. The van der Waals surface area contributed by atoms with Crippen molar-refractivity contribution >= 4 is 6.09 Å². The van der Waals surface area contributed by atoms with Crippen molar-refractivity contribution in [3.63, 3.8) is 0 Å². The first kappa shape index (κ1) is 13.3. The van der Waals surface area contributed by atoms with Crippen LogP contribution in [0.15, 0.2) is 0 Å². The van der Waals surface area contributed by atoms with Crippen LogP contribution in [0.25, 0.3) is 0 Å². The van der Waals surface area contributed by atoms with Gasteiger partial charge in [0.1, 0.15) is 6.10 Å². The second-order valence-electron chi connectivity index (χ2n) is 4.75. The van der Waals surface area contributed by atoms with E-state index in [1.165, 1.54) is 0 Å². The molecule has 1 rings (SSSR count). The molecular formula is C11H23N3O2. The Hall–Kier alpha value is -0.810. The summed E-state index contributed by atoms with van der Waals surface area (Å²) in [5.41, 5.74) is 0. The number of amides is 1. The molecule has 1 unspecified atom stereocenters. The van der Waals surface area contributed by atoms with Crippen molar-refractivity contribution in [1.82, 2.24) is 14.7 Å². The molecule has 1 atom stereocenters. The molecule has 1 amide bonds. The molecule has 0 aromatic rings. The maximum atomic E-state index is 11.8. The largest absolute Gasteiger partial charge is 0.445 e. The van der Waals surface area contributed by atoms with E-state index < -0.39 is 0 Å². The first-order valence-electron chi connectivity index (χ1n) is 5.78. The Labute approximate surface area is 97.9 Å². The average molecular weight is 229 g/mol. The second-order valence-corrected chi connectivity index (χ2v) is 4.75. The SMILES string of the molecule is CC(CN(C)C)OC(=O)N1CCN(C)CC1. The van der Waals surface area contributed by atoms with Gasteiger partial charge in [0.25, 0.3) is 0 Å². The van der Waals surface area contributed by atoms with E-state index in [0.29, 0.717) is 0 Å². The number of hydrogen-bond acceptors (Lipinski definition) is 4. The third kappa shape index (κ3) is 4.37. The number of carbonyl (C=O) groups excluding carboxylic acids is 1. The first-order chi connectivity index (χ1) is 7.49. The lowest BCUT2D eigenvalue weighted by atomic mass is 10.3. The normalized spacial score (nSPS) is 19.9. The van der Waals surface area contributed by atoms with Crippen LogP contribution in [0.4, 0.5) is 4.79 Å². The predicted octanol–water partition coefficient (Wildman–Crippen LogP) is 0.321. The Kier molecular flexibility index (Phi) is 5.02. The summed E-state index contributed by atoms with van der Waals surface area (Å²) in [6.07, 6.45) is -0.232. The van der Waals surface area contributed by atoms with Gasteiger partial charge in [-0.25, -0.2) is 4.79 Å². The first-order valence-corrected chi connectivity index (χ1v) is 5.78. The number of ether oxygens (including phenoxy) is 1. The van der Waals surface area contributed by atoms with Crippen molar-refractivity contribution in [1.29, 1.82) is 0 Å². The molecule has 1 heterocycles. The summed E-state index contributed by atoms with van der Waals surface area (Å²) in [6, 6.07) is 0. The van der Waals surface area contributed by atoms with E-state index >= 15 is 0 Å². The van der Waals surface area contributed by atoms with E-state index in [1.54, 1.807) is 4.90 Å². The molecule has 5 heteroatoms. The Morgan fingerprint density at radius 2 is 1.88 bits per heavy atom. The summed E-state index contributed by atoms with van der Waals surface area (Å²) in [6.45, 7) is 6.08. The van der Waals surface area contributed by atoms with Gasteiger partial charge in [-0.2, -0.15) is 0 Å². The summed E-state index contributed by atoms with van der Waals surface area (Å²) >= 11 is 0. The smallest absolute Gasteiger partial charge is 0.410 e. The number of likely N-dealkylation sites (N-methyl/N-ethyl adjacent to an activating group) is 2. The van der Waals surface area contributed by atoms with Gasteiger partial charge < -0.3 is 19.4 Å². The summed E-state index contributed by atoms with van der Waals surface area (Å²) in [5, 5.41) is 0. The minimum atomic E-state index is -0.178. The van der Waals surface area contributed by atoms with Gasteiger partial charge in [0.05, 0.1) is 0 Å². The maximum absolute atomic E-state index is 11.8. The standard InChI is InChI=1S/C11H23N3O2/c1-10(9-12(2)3)16-11(15)14-7-5-13(4)6-8-14/h10H,5-9H2,1-4H3. The number of piperazine rings is 1. The van der Waals surface area contributed by atoms with Crippen LogP contribution in [0.3, 0.4) is 0 Å². The third-order valence-corrected chi connectivity index (χ3v) is 2.69. The highest BCUT2D eigenvalue weighted by molar-refractivity contribution is 5.67. The Balaban J connectivity index is 2.29. The van der Waals surface area contributed by atoms with Gasteiger partial charge in [-0.1, -0.05) is 0 Å². The van der Waals surface area contributed by atoms with Gasteiger partial charge in [0.15, 0.2) is 0 Å². The minimum absolute atomic E-state index is 0.0536. The fourth-order valence-corrected chi connectivity index (χ4v) is 1.79. The number of hydrogen-bond donors (Lipinski definition) is 0. The molecule has 0 radical (unpaired) electrons. The molecular weight excluding hydrogens is 206 g/mol. The molecule has 0 aliphatic carbocycles. The number of rotatable bonds is 3. The van der Waals surface area contributed by atoms with Crippen molar-refractivity contribution < 1.29 is 9.53 Å². The highest BCUT2D eigenvalue weighted by Crippen LogP contribution is 2.04. The van der Waals surface area contributed by atoms with Gasteiger partial charge in [-0.15, -0.1) is 0 Å². The number of nitrogens with zero attached hydrogens (tertiary/aromatic N) is 3. The van der Waals surface area contributed by atoms with Crippen molar-refractivity contribution in [3.05, 3.63) is 0 Å². The lowest BCUT2D eigenvalue weighted by Crippen LogP contribution is -2.48. The molecule has 16 heavy (non-hydrogen) atoms. The molecule has 1 aliphatic heterocycles. The van der Waals surface area contributed by atoms with Crippen LogP contribution in [0.2, 0.25) is 0 Å². The van der Waals surface area contributed by atoms with E-state index in [4.69, 9.17) is 4.74 Å². The third-order valence-electron chi connectivity index (χ3n) is 2.69. The van der Waals surface area contributed by atoms with Crippen LogP contribution in [0.5, 0.6) is 0 Å². The van der Waals surface area contributed by atoms with E-state index in [9.17, 15) is 4.79 Å². The van der Waals surface area contributed by atoms with Crippen LogP contribution in [-0.4, -0.2) is 80.8 Å². The van der Waals surface area contributed by atoms with Gasteiger partial charge >= 0.3 is 6.09 Å². The zero-order valence-electron chi connectivity index (χ0n) is 10.8.